The third-order valence-electron chi connectivity index (χ3n) is 5.92. The van der Waals surface area contributed by atoms with Gasteiger partial charge >= 0.3 is 0 Å². The quantitative estimate of drug-likeness (QED) is 0.659. The number of likely N-dealkylation sites (tertiary alicyclic amines) is 1. The minimum atomic E-state index is -0.274. The number of ether oxygens (including phenoxy) is 2. The number of nitrogens with zero attached hydrogens (tertiary/aromatic N) is 2. The Labute approximate surface area is 184 Å². The zero-order chi connectivity index (χ0) is 22.0. The average molecular weight is 444 g/mol. The van der Waals surface area contributed by atoms with Gasteiger partial charge in [0.05, 0.1) is 31.7 Å². The summed E-state index contributed by atoms with van der Waals surface area (Å²) in [5.74, 6) is 0.336. The van der Waals surface area contributed by atoms with Gasteiger partial charge in [0.15, 0.2) is 16.6 Å². The van der Waals surface area contributed by atoms with E-state index in [0.717, 1.165) is 31.2 Å². The van der Waals surface area contributed by atoms with Crippen molar-refractivity contribution in [1.29, 1.82) is 0 Å². The number of amides is 3. The van der Waals surface area contributed by atoms with E-state index in [1.54, 1.807) is 20.3 Å². The van der Waals surface area contributed by atoms with E-state index in [-0.39, 0.29) is 42.5 Å². The first-order chi connectivity index (χ1) is 15.0. The van der Waals surface area contributed by atoms with Gasteiger partial charge < -0.3 is 14.8 Å². The Kier molecular flexibility index (Phi) is 6.22. The molecule has 2 aliphatic rings. The van der Waals surface area contributed by atoms with Gasteiger partial charge in [0.2, 0.25) is 17.7 Å². The first-order valence-corrected chi connectivity index (χ1v) is 11.2. The first kappa shape index (κ1) is 21.3. The first-order valence-electron chi connectivity index (χ1n) is 10.3. The highest BCUT2D eigenvalue weighted by Crippen LogP contribution is 2.38. The van der Waals surface area contributed by atoms with E-state index in [2.05, 4.69) is 10.3 Å². The summed E-state index contributed by atoms with van der Waals surface area (Å²) in [5, 5.41) is 5.07. The minimum Gasteiger partial charge on any atom is -0.493 e. The van der Waals surface area contributed by atoms with E-state index < -0.39 is 0 Å². The van der Waals surface area contributed by atoms with E-state index in [0.29, 0.717) is 22.3 Å². The Morgan fingerprint density at radius 2 is 1.81 bits per heavy atom. The number of nitrogens with one attached hydrogen (secondary N) is 1. The molecule has 1 saturated heterocycles. The van der Waals surface area contributed by atoms with Crippen molar-refractivity contribution in [2.24, 2.45) is 11.8 Å². The third kappa shape index (κ3) is 4.27. The lowest BCUT2D eigenvalue weighted by Crippen LogP contribution is -2.34. The highest BCUT2D eigenvalue weighted by Gasteiger charge is 2.47. The van der Waals surface area contributed by atoms with Crippen LogP contribution in [-0.4, -0.2) is 48.4 Å². The Morgan fingerprint density at radius 1 is 1.13 bits per heavy atom. The standard InChI is InChI=1S/C22H25N3O5S/c1-29-17-8-7-13(11-18(17)30-2)16-12-31-22(23-16)24-19(26)9-10-25-20(27)14-5-3-4-6-15(14)21(25)28/h7-8,11-12,14-15H,3-6,9-10H2,1-2H3,(H,23,24,26)/t14-,15-/m0/s1. The smallest absolute Gasteiger partial charge is 0.233 e. The average Bonchev–Trinajstić information content (AvgIpc) is 3.35. The summed E-state index contributed by atoms with van der Waals surface area (Å²) < 4.78 is 10.6. The molecular formula is C22H25N3O5S. The number of anilines is 1. The summed E-state index contributed by atoms with van der Waals surface area (Å²) in [7, 11) is 3.14. The lowest BCUT2D eigenvalue weighted by molar-refractivity contribution is -0.140. The van der Waals surface area contributed by atoms with Crippen molar-refractivity contribution in [2.45, 2.75) is 32.1 Å². The second-order valence-corrected chi connectivity index (χ2v) is 8.59. The largest absolute Gasteiger partial charge is 0.493 e. The molecule has 0 spiro atoms. The fourth-order valence-electron chi connectivity index (χ4n) is 4.31. The molecule has 1 aromatic carbocycles. The Hall–Kier alpha value is -2.94. The number of rotatable bonds is 7. The van der Waals surface area contributed by atoms with Crippen LogP contribution >= 0.6 is 11.3 Å². The van der Waals surface area contributed by atoms with E-state index in [1.165, 1.54) is 16.2 Å². The number of carbonyl (C=O) groups is 3. The van der Waals surface area contributed by atoms with E-state index in [9.17, 15) is 14.4 Å². The van der Waals surface area contributed by atoms with Gasteiger partial charge in [0.25, 0.3) is 0 Å². The van der Waals surface area contributed by atoms with Crippen LogP contribution in [0.5, 0.6) is 11.5 Å². The van der Waals surface area contributed by atoms with Crippen LogP contribution in [0.25, 0.3) is 11.3 Å². The Bertz CT molecular complexity index is 981. The normalized spacial score (nSPS) is 20.5. The molecule has 2 fully saturated rings. The van der Waals surface area contributed by atoms with Gasteiger partial charge in [0.1, 0.15) is 0 Å². The predicted molar refractivity (Wildman–Crippen MR) is 116 cm³/mol. The second kappa shape index (κ2) is 9.05. The summed E-state index contributed by atoms with van der Waals surface area (Å²) in [5.41, 5.74) is 1.54. The number of benzene rings is 1. The third-order valence-corrected chi connectivity index (χ3v) is 6.68. The van der Waals surface area contributed by atoms with Crippen molar-refractivity contribution in [3.05, 3.63) is 23.6 Å². The molecule has 1 aliphatic carbocycles. The van der Waals surface area contributed by atoms with Gasteiger partial charge in [-0.25, -0.2) is 4.98 Å². The van der Waals surface area contributed by atoms with Crippen LogP contribution in [-0.2, 0) is 14.4 Å². The van der Waals surface area contributed by atoms with E-state index in [1.807, 2.05) is 17.5 Å². The predicted octanol–water partition coefficient (Wildman–Crippen LogP) is 3.33. The van der Waals surface area contributed by atoms with E-state index >= 15 is 0 Å². The number of fused-ring (bicyclic) bond motifs is 1. The second-order valence-electron chi connectivity index (χ2n) is 7.73. The van der Waals surface area contributed by atoms with Crippen LogP contribution in [0, 0.1) is 11.8 Å². The number of carbonyl (C=O) groups excluding carboxylic acids is 3. The molecule has 1 aliphatic heterocycles. The van der Waals surface area contributed by atoms with Gasteiger partial charge in [-0.1, -0.05) is 12.8 Å². The zero-order valence-electron chi connectivity index (χ0n) is 17.6. The maximum Gasteiger partial charge on any atom is 0.233 e. The van der Waals surface area contributed by atoms with Crippen molar-refractivity contribution in [3.8, 4) is 22.8 Å². The van der Waals surface area contributed by atoms with Crippen LogP contribution in [0.15, 0.2) is 23.6 Å². The minimum absolute atomic E-state index is 0.0577. The number of imide groups is 1. The molecule has 2 heterocycles. The van der Waals surface area contributed by atoms with Crippen molar-refractivity contribution in [1.82, 2.24) is 9.88 Å². The fraction of sp³-hybridized carbons (Fsp3) is 0.455. The summed E-state index contributed by atoms with van der Waals surface area (Å²) >= 11 is 1.31. The van der Waals surface area contributed by atoms with Crippen LogP contribution < -0.4 is 14.8 Å². The van der Waals surface area contributed by atoms with Gasteiger partial charge in [-0.3, -0.25) is 19.3 Å². The number of hydrogen-bond donors (Lipinski definition) is 1. The van der Waals surface area contributed by atoms with Gasteiger partial charge in [-0.2, -0.15) is 0 Å². The van der Waals surface area contributed by atoms with Crippen LogP contribution in [0.4, 0.5) is 5.13 Å². The Morgan fingerprint density at radius 3 is 2.45 bits per heavy atom. The monoisotopic (exact) mass is 443 g/mol. The van der Waals surface area contributed by atoms with Gasteiger partial charge in [-0.05, 0) is 31.0 Å². The molecule has 2 atom stereocenters. The molecule has 3 amide bonds. The molecule has 1 saturated carbocycles. The summed E-state index contributed by atoms with van der Waals surface area (Å²) in [6.07, 6.45) is 3.58. The SMILES string of the molecule is COc1ccc(-c2csc(NC(=O)CCN3C(=O)[C@H]4CCCC[C@@H]4C3=O)n2)cc1OC. The molecule has 0 radical (unpaired) electrons. The molecule has 0 unspecified atom stereocenters. The van der Waals surface area contributed by atoms with Gasteiger partial charge in [-0.15, -0.1) is 11.3 Å². The van der Waals surface area contributed by atoms with Crippen molar-refractivity contribution in [3.63, 3.8) is 0 Å². The zero-order valence-corrected chi connectivity index (χ0v) is 18.4. The molecule has 164 valence electrons. The topological polar surface area (TPSA) is 97.8 Å². The number of methoxy groups -OCH3 is 2. The highest BCUT2D eigenvalue weighted by molar-refractivity contribution is 7.14. The van der Waals surface area contributed by atoms with Crippen LogP contribution in [0.3, 0.4) is 0 Å². The maximum absolute atomic E-state index is 12.5. The highest BCUT2D eigenvalue weighted by atomic mass is 32.1. The number of hydrogen-bond acceptors (Lipinski definition) is 7. The lowest BCUT2D eigenvalue weighted by atomic mass is 9.81. The van der Waals surface area contributed by atoms with Crippen LogP contribution in [0.2, 0.25) is 0 Å². The molecule has 0 bridgehead atoms. The summed E-state index contributed by atoms with van der Waals surface area (Å²) in [4.78, 5) is 43.2. The molecule has 4 rings (SSSR count). The maximum atomic E-state index is 12.5. The number of aromatic nitrogens is 1. The summed E-state index contributed by atoms with van der Waals surface area (Å²) in [6, 6.07) is 5.49. The molecule has 2 aromatic rings. The molecule has 1 N–H and O–H groups in total. The van der Waals surface area contributed by atoms with Crippen molar-refractivity contribution in [2.75, 3.05) is 26.1 Å². The Balaban J connectivity index is 1.35. The van der Waals surface area contributed by atoms with Crippen molar-refractivity contribution >= 4 is 34.2 Å². The lowest BCUT2D eigenvalue weighted by Gasteiger charge is -2.19. The number of thiazole rings is 1. The molecular weight excluding hydrogens is 418 g/mol. The van der Waals surface area contributed by atoms with Crippen molar-refractivity contribution < 1.29 is 23.9 Å². The van der Waals surface area contributed by atoms with Gasteiger partial charge in [0, 0.05) is 23.9 Å². The summed E-state index contributed by atoms with van der Waals surface area (Å²) in [6.45, 7) is 0.115. The molecule has 31 heavy (non-hydrogen) atoms. The molecule has 8 nitrogen and oxygen atoms in total. The fourth-order valence-corrected chi connectivity index (χ4v) is 5.04. The van der Waals surface area contributed by atoms with E-state index in [4.69, 9.17) is 9.47 Å². The van der Waals surface area contributed by atoms with Crippen LogP contribution in [0.1, 0.15) is 32.1 Å². The molecule has 9 heteroatoms. The molecule has 1 aromatic heterocycles.